The second kappa shape index (κ2) is 7.92. The summed E-state index contributed by atoms with van der Waals surface area (Å²) < 4.78 is 5.82. The van der Waals surface area contributed by atoms with Gasteiger partial charge in [0.05, 0.1) is 12.3 Å². The predicted molar refractivity (Wildman–Crippen MR) is 102 cm³/mol. The van der Waals surface area contributed by atoms with Gasteiger partial charge in [-0.15, -0.1) is 16.4 Å². The number of carbonyl (C=O) groups is 1. The summed E-state index contributed by atoms with van der Waals surface area (Å²) >= 11 is 3.02. The van der Waals surface area contributed by atoms with Gasteiger partial charge in [0.25, 0.3) is 0 Å². The first kappa shape index (κ1) is 17.1. The van der Waals surface area contributed by atoms with E-state index in [2.05, 4.69) is 32.6 Å². The van der Waals surface area contributed by atoms with E-state index in [0.29, 0.717) is 11.7 Å². The van der Waals surface area contributed by atoms with E-state index >= 15 is 0 Å². The molecule has 1 aliphatic rings. The molecule has 1 aliphatic heterocycles. The molecular weight excluding hydrogens is 368 g/mol. The Morgan fingerprint density at radius 2 is 2.27 bits per heavy atom. The van der Waals surface area contributed by atoms with Crippen molar-refractivity contribution in [3.8, 4) is 5.75 Å². The van der Waals surface area contributed by atoms with E-state index in [4.69, 9.17) is 4.74 Å². The molecule has 3 aromatic rings. The number of ether oxygens (including phenoxy) is 1. The van der Waals surface area contributed by atoms with Crippen LogP contribution in [0.3, 0.4) is 0 Å². The summed E-state index contributed by atoms with van der Waals surface area (Å²) in [6.45, 7) is 0.506. The van der Waals surface area contributed by atoms with Crippen LogP contribution < -0.4 is 10.1 Å². The summed E-state index contributed by atoms with van der Waals surface area (Å²) in [7, 11) is 0. The predicted octanol–water partition coefficient (Wildman–Crippen LogP) is 2.67. The van der Waals surface area contributed by atoms with Crippen molar-refractivity contribution in [1.29, 1.82) is 0 Å². The Kier molecular flexibility index (Phi) is 5.21. The third-order valence-corrected chi connectivity index (χ3v) is 5.73. The molecule has 0 fully saturated rings. The molecule has 8 heteroatoms. The van der Waals surface area contributed by atoms with Crippen LogP contribution in [-0.4, -0.2) is 39.5 Å². The minimum atomic E-state index is -0.0424. The second-order valence-corrected chi connectivity index (χ2v) is 7.94. The van der Waals surface area contributed by atoms with Gasteiger partial charge in [0.2, 0.25) is 11.1 Å². The number of thiophene rings is 1. The van der Waals surface area contributed by atoms with Gasteiger partial charge in [0.15, 0.2) is 0 Å². The van der Waals surface area contributed by atoms with Crippen molar-refractivity contribution in [1.82, 2.24) is 20.5 Å². The molecule has 2 aromatic heterocycles. The molecule has 4 rings (SSSR count). The number of nitrogens with one attached hydrogen (secondary N) is 2. The van der Waals surface area contributed by atoms with Crippen LogP contribution in [0.4, 0.5) is 0 Å². The lowest BCUT2D eigenvalue weighted by atomic mass is 10.1. The Morgan fingerprint density at radius 1 is 1.35 bits per heavy atom. The number of rotatable bonds is 7. The van der Waals surface area contributed by atoms with Gasteiger partial charge >= 0.3 is 0 Å². The van der Waals surface area contributed by atoms with Gasteiger partial charge in [0, 0.05) is 17.7 Å². The van der Waals surface area contributed by atoms with Crippen molar-refractivity contribution in [2.75, 3.05) is 12.3 Å². The Bertz CT molecular complexity index is 854. The molecule has 0 saturated carbocycles. The number of H-pyrrole nitrogens is 1. The number of hydrogen-bond donors (Lipinski definition) is 2. The van der Waals surface area contributed by atoms with Gasteiger partial charge in [0.1, 0.15) is 17.7 Å². The molecule has 6 nitrogen and oxygen atoms in total. The van der Waals surface area contributed by atoms with Crippen LogP contribution >= 0.6 is 23.1 Å². The fourth-order valence-corrected chi connectivity index (χ4v) is 4.13. The molecule has 1 unspecified atom stereocenters. The van der Waals surface area contributed by atoms with E-state index in [0.717, 1.165) is 24.4 Å². The highest BCUT2D eigenvalue weighted by atomic mass is 32.2. The van der Waals surface area contributed by atoms with E-state index in [9.17, 15) is 4.79 Å². The molecule has 0 bridgehead atoms. The van der Waals surface area contributed by atoms with Crippen molar-refractivity contribution in [3.05, 3.63) is 58.0 Å². The van der Waals surface area contributed by atoms with Crippen molar-refractivity contribution >= 4 is 29.0 Å². The van der Waals surface area contributed by atoms with Crippen LogP contribution in [-0.2, 0) is 17.6 Å². The number of aromatic amines is 1. The first-order valence-corrected chi connectivity index (χ1v) is 10.2. The van der Waals surface area contributed by atoms with Crippen LogP contribution in [0, 0.1) is 0 Å². The number of hydrogen-bond acceptors (Lipinski definition) is 6. The molecule has 1 aromatic carbocycles. The number of fused-ring (bicyclic) bond motifs is 1. The van der Waals surface area contributed by atoms with Crippen LogP contribution in [0.25, 0.3) is 0 Å². The van der Waals surface area contributed by atoms with Crippen molar-refractivity contribution < 1.29 is 9.53 Å². The highest BCUT2D eigenvalue weighted by Gasteiger charge is 2.22. The van der Waals surface area contributed by atoms with Crippen LogP contribution in [0.1, 0.15) is 16.3 Å². The van der Waals surface area contributed by atoms with E-state index in [1.54, 1.807) is 11.3 Å². The zero-order valence-electron chi connectivity index (χ0n) is 14.0. The Hall–Kier alpha value is -2.32. The molecule has 134 valence electrons. The first-order chi connectivity index (χ1) is 12.8. The maximum absolute atomic E-state index is 12.1. The smallest absolute Gasteiger partial charge is 0.230 e. The highest BCUT2D eigenvalue weighted by Crippen LogP contribution is 2.27. The van der Waals surface area contributed by atoms with E-state index < -0.39 is 0 Å². The minimum absolute atomic E-state index is 0.00209. The van der Waals surface area contributed by atoms with Gasteiger partial charge < -0.3 is 10.1 Å². The molecule has 3 heterocycles. The lowest BCUT2D eigenvalue weighted by Crippen LogP contribution is -2.35. The monoisotopic (exact) mass is 386 g/mol. The zero-order valence-corrected chi connectivity index (χ0v) is 15.6. The average Bonchev–Trinajstić information content (AvgIpc) is 3.39. The molecule has 0 saturated heterocycles. The SMILES string of the molecule is O=C(CSc1n[nH]c(Cc2cccs2)n1)NCC1Cc2ccccc2O1. The van der Waals surface area contributed by atoms with E-state index in [1.807, 2.05) is 29.6 Å². The Labute approximate surface area is 159 Å². The number of thioether (sulfide) groups is 1. The summed E-state index contributed by atoms with van der Waals surface area (Å²) in [5.74, 6) is 1.97. The van der Waals surface area contributed by atoms with Gasteiger partial charge in [-0.2, -0.15) is 0 Å². The van der Waals surface area contributed by atoms with E-state index in [1.165, 1.54) is 22.2 Å². The number of nitrogens with zero attached hydrogens (tertiary/aromatic N) is 2. The largest absolute Gasteiger partial charge is 0.488 e. The topological polar surface area (TPSA) is 79.9 Å². The maximum atomic E-state index is 12.1. The normalized spacial score (nSPS) is 15.5. The number of aromatic nitrogens is 3. The third kappa shape index (κ3) is 4.25. The van der Waals surface area contributed by atoms with E-state index in [-0.39, 0.29) is 17.8 Å². The molecule has 2 N–H and O–H groups in total. The van der Waals surface area contributed by atoms with Crippen molar-refractivity contribution in [3.63, 3.8) is 0 Å². The standard InChI is InChI=1S/C18H18N4O2S2/c23-17(19-10-13-8-12-4-1-2-6-15(12)24-13)11-26-18-20-16(21-22-18)9-14-5-3-7-25-14/h1-7,13H,8-11H2,(H,19,23)(H,20,21,22). The quantitative estimate of drug-likeness (QED) is 0.610. The average molecular weight is 387 g/mol. The molecular formula is C18H18N4O2S2. The van der Waals surface area contributed by atoms with Crippen LogP contribution in [0.2, 0.25) is 0 Å². The zero-order chi connectivity index (χ0) is 17.8. The third-order valence-electron chi connectivity index (χ3n) is 4.01. The summed E-state index contributed by atoms with van der Waals surface area (Å²) in [4.78, 5) is 17.7. The molecule has 1 amide bonds. The molecule has 0 radical (unpaired) electrons. The van der Waals surface area contributed by atoms with Crippen molar-refractivity contribution in [2.45, 2.75) is 24.1 Å². The Morgan fingerprint density at radius 3 is 3.12 bits per heavy atom. The number of amides is 1. The van der Waals surface area contributed by atoms with Gasteiger partial charge in [-0.3, -0.25) is 9.89 Å². The number of carbonyl (C=O) groups excluding carboxylic acids is 1. The second-order valence-electron chi connectivity index (χ2n) is 5.97. The molecule has 26 heavy (non-hydrogen) atoms. The summed E-state index contributed by atoms with van der Waals surface area (Å²) in [6, 6.07) is 12.1. The van der Waals surface area contributed by atoms with Gasteiger partial charge in [-0.1, -0.05) is 36.0 Å². The Balaban J connectivity index is 1.19. The van der Waals surface area contributed by atoms with Crippen LogP contribution in [0.5, 0.6) is 5.75 Å². The summed E-state index contributed by atoms with van der Waals surface area (Å²) in [5.41, 5.74) is 1.19. The highest BCUT2D eigenvalue weighted by molar-refractivity contribution is 7.99. The molecule has 0 aliphatic carbocycles. The van der Waals surface area contributed by atoms with Gasteiger partial charge in [-0.05, 0) is 23.1 Å². The van der Waals surface area contributed by atoms with Crippen LogP contribution in [0.15, 0.2) is 46.9 Å². The summed E-state index contributed by atoms with van der Waals surface area (Å²) in [6.07, 6.45) is 1.57. The van der Waals surface area contributed by atoms with Crippen molar-refractivity contribution in [2.24, 2.45) is 0 Å². The minimum Gasteiger partial charge on any atom is -0.488 e. The van der Waals surface area contributed by atoms with Gasteiger partial charge in [-0.25, -0.2) is 4.98 Å². The molecule has 1 atom stereocenters. The lowest BCUT2D eigenvalue weighted by molar-refractivity contribution is -0.118. The first-order valence-electron chi connectivity index (χ1n) is 8.34. The fourth-order valence-electron chi connectivity index (χ4n) is 2.78. The number of para-hydroxylation sites is 1. The summed E-state index contributed by atoms with van der Waals surface area (Å²) in [5, 5.41) is 12.6. The maximum Gasteiger partial charge on any atom is 0.230 e. The fraction of sp³-hybridized carbons (Fsp3) is 0.278. The lowest BCUT2D eigenvalue weighted by Gasteiger charge is -2.11. The number of benzene rings is 1. The molecule has 0 spiro atoms.